The lowest BCUT2D eigenvalue weighted by Gasteiger charge is -2.05. The Morgan fingerprint density at radius 2 is 2.07 bits per heavy atom. The van der Waals surface area contributed by atoms with E-state index in [2.05, 4.69) is 26.1 Å². The first-order chi connectivity index (χ1) is 7.31. The normalized spacial score (nSPS) is 9.93. The van der Waals surface area contributed by atoms with Crippen molar-refractivity contribution in [2.24, 2.45) is 0 Å². The van der Waals surface area contributed by atoms with Gasteiger partial charge in [0.25, 0.3) is 6.47 Å². The van der Waals surface area contributed by atoms with Gasteiger partial charge in [-0.25, -0.2) is 0 Å². The third kappa shape index (κ3) is 2.04. The molecule has 0 saturated carbocycles. The van der Waals surface area contributed by atoms with Gasteiger partial charge < -0.3 is 4.74 Å². The standard InChI is InChI=1S/C9H6BrN3O2/c10-7-1-2-9(15-6-14)8(5-7)13-11-3-4-12-13/h1-6H. The van der Waals surface area contributed by atoms with E-state index in [9.17, 15) is 4.79 Å². The number of ether oxygens (including phenoxy) is 1. The fourth-order valence-electron chi connectivity index (χ4n) is 1.14. The molecule has 76 valence electrons. The van der Waals surface area contributed by atoms with E-state index < -0.39 is 0 Å². The van der Waals surface area contributed by atoms with Crippen LogP contribution in [0.15, 0.2) is 35.1 Å². The van der Waals surface area contributed by atoms with Crippen LogP contribution in [-0.4, -0.2) is 21.5 Å². The summed E-state index contributed by atoms with van der Waals surface area (Å²) in [5.74, 6) is 0.407. The van der Waals surface area contributed by atoms with Crippen molar-refractivity contribution in [1.29, 1.82) is 0 Å². The van der Waals surface area contributed by atoms with E-state index in [1.165, 1.54) is 4.80 Å². The first kappa shape index (κ1) is 9.85. The minimum atomic E-state index is 0.371. The monoisotopic (exact) mass is 267 g/mol. The first-order valence-electron chi connectivity index (χ1n) is 4.08. The van der Waals surface area contributed by atoms with E-state index in [1.54, 1.807) is 30.6 Å². The van der Waals surface area contributed by atoms with Gasteiger partial charge in [-0.05, 0) is 18.2 Å². The maximum Gasteiger partial charge on any atom is 0.298 e. The Hall–Kier alpha value is -1.69. The van der Waals surface area contributed by atoms with Gasteiger partial charge in [0.15, 0.2) is 5.75 Å². The Morgan fingerprint density at radius 3 is 2.73 bits per heavy atom. The quantitative estimate of drug-likeness (QED) is 0.793. The number of carbonyl (C=O) groups excluding carboxylic acids is 1. The van der Waals surface area contributed by atoms with Gasteiger partial charge in [0, 0.05) is 4.47 Å². The van der Waals surface area contributed by atoms with Crippen molar-refractivity contribution in [3.05, 3.63) is 35.1 Å². The van der Waals surface area contributed by atoms with Crippen LogP contribution >= 0.6 is 15.9 Å². The summed E-state index contributed by atoms with van der Waals surface area (Å²) in [5, 5.41) is 7.92. The molecule has 5 nitrogen and oxygen atoms in total. The number of halogens is 1. The number of hydrogen-bond donors (Lipinski definition) is 0. The Morgan fingerprint density at radius 1 is 1.33 bits per heavy atom. The zero-order valence-electron chi connectivity index (χ0n) is 7.50. The lowest BCUT2D eigenvalue weighted by atomic mass is 10.3. The maximum absolute atomic E-state index is 10.3. The van der Waals surface area contributed by atoms with Crippen LogP contribution in [0.4, 0.5) is 0 Å². The molecular weight excluding hydrogens is 262 g/mol. The highest BCUT2D eigenvalue weighted by atomic mass is 79.9. The number of rotatable bonds is 3. The molecule has 15 heavy (non-hydrogen) atoms. The van der Waals surface area contributed by atoms with Crippen molar-refractivity contribution in [1.82, 2.24) is 15.0 Å². The molecule has 0 aliphatic heterocycles. The molecule has 1 heterocycles. The molecule has 2 aromatic rings. The average Bonchev–Trinajstić information content (AvgIpc) is 2.74. The molecule has 0 aliphatic carbocycles. The van der Waals surface area contributed by atoms with Gasteiger partial charge in [0.05, 0.1) is 12.4 Å². The van der Waals surface area contributed by atoms with E-state index in [0.29, 0.717) is 17.9 Å². The van der Waals surface area contributed by atoms with E-state index in [0.717, 1.165) is 4.47 Å². The molecule has 0 bridgehead atoms. The zero-order valence-corrected chi connectivity index (χ0v) is 9.09. The number of carbonyl (C=O) groups is 1. The van der Waals surface area contributed by atoms with Gasteiger partial charge in [-0.2, -0.15) is 10.2 Å². The van der Waals surface area contributed by atoms with E-state index >= 15 is 0 Å². The topological polar surface area (TPSA) is 57.0 Å². The van der Waals surface area contributed by atoms with Crippen LogP contribution in [0.25, 0.3) is 5.69 Å². The molecular formula is C9H6BrN3O2. The summed E-state index contributed by atoms with van der Waals surface area (Å²) >= 11 is 3.32. The largest absolute Gasteiger partial charge is 0.426 e. The fourth-order valence-corrected chi connectivity index (χ4v) is 1.49. The summed E-state index contributed by atoms with van der Waals surface area (Å²) in [6.07, 6.45) is 3.09. The number of aromatic nitrogens is 3. The predicted octanol–water partition coefficient (Wildman–Crippen LogP) is 1.56. The number of hydrogen-bond acceptors (Lipinski definition) is 4. The highest BCUT2D eigenvalue weighted by Gasteiger charge is 2.07. The van der Waals surface area contributed by atoms with Crippen molar-refractivity contribution in [2.45, 2.75) is 0 Å². The Bertz CT molecular complexity index is 470. The van der Waals surface area contributed by atoms with E-state index in [1.807, 2.05) is 0 Å². The Kier molecular flexibility index (Phi) is 2.77. The van der Waals surface area contributed by atoms with Gasteiger partial charge in [-0.15, -0.1) is 4.80 Å². The minimum Gasteiger partial charge on any atom is -0.426 e. The Balaban J connectivity index is 2.52. The second kappa shape index (κ2) is 4.22. The second-order valence-corrected chi connectivity index (χ2v) is 3.56. The third-order valence-corrected chi connectivity index (χ3v) is 2.22. The highest BCUT2D eigenvalue weighted by molar-refractivity contribution is 9.10. The van der Waals surface area contributed by atoms with Crippen molar-refractivity contribution in [2.75, 3.05) is 0 Å². The molecule has 0 spiro atoms. The van der Waals surface area contributed by atoms with E-state index in [-0.39, 0.29) is 0 Å². The van der Waals surface area contributed by atoms with Crippen molar-refractivity contribution in [3.63, 3.8) is 0 Å². The van der Waals surface area contributed by atoms with Crippen molar-refractivity contribution < 1.29 is 9.53 Å². The first-order valence-corrected chi connectivity index (χ1v) is 4.87. The van der Waals surface area contributed by atoms with Crippen molar-refractivity contribution in [3.8, 4) is 11.4 Å². The molecule has 2 rings (SSSR count). The van der Waals surface area contributed by atoms with Crippen LogP contribution in [0.3, 0.4) is 0 Å². The lowest BCUT2D eigenvalue weighted by Crippen LogP contribution is -2.02. The SMILES string of the molecule is O=COc1ccc(Br)cc1-n1nccn1. The van der Waals surface area contributed by atoms with Crippen LogP contribution in [0.2, 0.25) is 0 Å². The molecule has 0 fully saturated rings. The minimum absolute atomic E-state index is 0.371. The molecule has 0 saturated heterocycles. The third-order valence-electron chi connectivity index (χ3n) is 1.73. The molecule has 0 unspecified atom stereocenters. The van der Waals surface area contributed by atoms with E-state index in [4.69, 9.17) is 4.74 Å². The van der Waals surface area contributed by atoms with Crippen LogP contribution in [0, 0.1) is 0 Å². The van der Waals surface area contributed by atoms with Gasteiger partial charge in [0.2, 0.25) is 0 Å². The number of nitrogens with zero attached hydrogens (tertiary/aromatic N) is 3. The summed E-state index contributed by atoms with van der Waals surface area (Å²) in [6, 6.07) is 5.20. The molecule has 1 aromatic heterocycles. The summed E-state index contributed by atoms with van der Waals surface area (Å²) in [6.45, 7) is 0.371. The molecule has 0 amide bonds. The summed E-state index contributed by atoms with van der Waals surface area (Å²) in [7, 11) is 0. The van der Waals surface area contributed by atoms with Gasteiger partial charge in [-0.1, -0.05) is 15.9 Å². The summed E-state index contributed by atoms with van der Waals surface area (Å²) in [4.78, 5) is 11.7. The van der Waals surface area contributed by atoms with Crippen molar-refractivity contribution >= 4 is 22.4 Å². The fraction of sp³-hybridized carbons (Fsp3) is 0. The maximum atomic E-state index is 10.3. The number of benzene rings is 1. The Labute approximate surface area is 93.8 Å². The van der Waals surface area contributed by atoms with Crippen LogP contribution < -0.4 is 4.74 Å². The van der Waals surface area contributed by atoms with Gasteiger partial charge in [-0.3, -0.25) is 4.79 Å². The second-order valence-electron chi connectivity index (χ2n) is 2.64. The van der Waals surface area contributed by atoms with Gasteiger partial charge in [0.1, 0.15) is 5.69 Å². The molecule has 0 atom stereocenters. The van der Waals surface area contributed by atoms with Crippen LogP contribution in [0.1, 0.15) is 0 Å². The van der Waals surface area contributed by atoms with Crippen LogP contribution in [0.5, 0.6) is 5.75 Å². The zero-order chi connectivity index (χ0) is 10.7. The molecule has 0 aliphatic rings. The molecule has 0 N–H and O–H groups in total. The average molecular weight is 268 g/mol. The van der Waals surface area contributed by atoms with Gasteiger partial charge >= 0.3 is 0 Å². The lowest BCUT2D eigenvalue weighted by molar-refractivity contribution is -0.120. The molecule has 0 radical (unpaired) electrons. The summed E-state index contributed by atoms with van der Waals surface area (Å²) < 4.78 is 5.67. The smallest absolute Gasteiger partial charge is 0.298 e. The van der Waals surface area contributed by atoms with Crippen LogP contribution in [-0.2, 0) is 4.79 Å². The summed E-state index contributed by atoms with van der Waals surface area (Å²) in [5.41, 5.74) is 0.599. The predicted molar refractivity (Wildman–Crippen MR) is 55.8 cm³/mol. The molecule has 6 heteroatoms. The highest BCUT2D eigenvalue weighted by Crippen LogP contribution is 2.25. The molecule has 1 aromatic carbocycles.